The summed E-state index contributed by atoms with van der Waals surface area (Å²) in [6.45, 7) is 0. The maximum Gasteiger partial charge on any atom is 0.0787 e. The van der Waals surface area contributed by atoms with Crippen molar-refractivity contribution in [2.75, 3.05) is 0 Å². The van der Waals surface area contributed by atoms with E-state index in [1.165, 1.54) is 6.42 Å². The van der Waals surface area contributed by atoms with Crippen LogP contribution in [-0.2, 0) is 4.84 Å². The van der Waals surface area contributed by atoms with Crippen molar-refractivity contribution in [3.8, 4) is 0 Å². The summed E-state index contributed by atoms with van der Waals surface area (Å²) < 4.78 is 0. The van der Waals surface area contributed by atoms with Crippen LogP contribution in [-0.4, -0.2) is 6.10 Å². The zero-order chi connectivity index (χ0) is 4.41. The molecule has 1 aliphatic carbocycles. The molecule has 0 heterocycles. The van der Waals surface area contributed by atoms with Crippen molar-refractivity contribution >= 4 is 0 Å². The predicted molar refractivity (Wildman–Crippen MR) is 22.9 cm³/mol. The molecule has 36 valence electrons. The standard InChI is InChI=1S/C4H9NO/c5-6-4-2-1-3-4/h4H,1-3,5H2. The molecule has 0 saturated heterocycles. The molecule has 2 nitrogen and oxygen atoms in total. The van der Waals surface area contributed by atoms with Gasteiger partial charge in [0.1, 0.15) is 0 Å². The predicted octanol–water partition coefficient (Wildman–Crippen LogP) is 0.429. The lowest BCUT2D eigenvalue weighted by Gasteiger charge is -2.21. The van der Waals surface area contributed by atoms with E-state index in [4.69, 9.17) is 5.90 Å². The monoisotopic (exact) mass is 87.1 g/mol. The van der Waals surface area contributed by atoms with Crippen LogP contribution in [0, 0.1) is 0 Å². The zero-order valence-electron chi connectivity index (χ0n) is 3.68. The summed E-state index contributed by atoms with van der Waals surface area (Å²) >= 11 is 0. The van der Waals surface area contributed by atoms with Gasteiger partial charge in [0, 0.05) is 0 Å². The highest BCUT2D eigenvalue weighted by molar-refractivity contribution is 4.67. The molecule has 0 radical (unpaired) electrons. The van der Waals surface area contributed by atoms with Crippen LogP contribution in [0.15, 0.2) is 0 Å². The van der Waals surface area contributed by atoms with E-state index in [0.29, 0.717) is 6.10 Å². The Labute approximate surface area is 37.2 Å². The largest absolute Gasteiger partial charge is 0.301 e. The zero-order valence-corrected chi connectivity index (χ0v) is 3.68. The van der Waals surface area contributed by atoms with Crippen LogP contribution in [0.25, 0.3) is 0 Å². The first-order valence-electron chi connectivity index (χ1n) is 2.29. The Bertz CT molecular complexity index is 40.1. The van der Waals surface area contributed by atoms with Crippen molar-refractivity contribution in [3.63, 3.8) is 0 Å². The quantitative estimate of drug-likeness (QED) is 0.471. The molecule has 0 aromatic carbocycles. The van der Waals surface area contributed by atoms with Crippen LogP contribution < -0.4 is 5.90 Å². The first-order valence-corrected chi connectivity index (χ1v) is 2.29. The summed E-state index contributed by atoms with van der Waals surface area (Å²) in [4.78, 5) is 4.49. The Balaban J connectivity index is 2.01. The van der Waals surface area contributed by atoms with Crippen molar-refractivity contribution in [3.05, 3.63) is 0 Å². The summed E-state index contributed by atoms with van der Waals surface area (Å²) in [5.74, 6) is 4.83. The minimum atomic E-state index is 0.394. The number of nitrogens with two attached hydrogens (primary N) is 1. The molecule has 2 N–H and O–H groups in total. The van der Waals surface area contributed by atoms with E-state index in [1.807, 2.05) is 0 Å². The first-order chi connectivity index (χ1) is 2.93. The average molecular weight is 87.1 g/mol. The normalized spacial score (nSPS) is 23.5. The minimum absolute atomic E-state index is 0.394. The van der Waals surface area contributed by atoms with Crippen LogP contribution in [0.5, 0.6) is 0 Å². The molecular weight excluding hydrogens is 78.0 g/mol. The Morgan fingerprint density at radius 2 is 2.17 bits per heavy atom. The third-order valence-electron chi connectivity index (χ3n) is 1.24. The third kappa shape index (κ3) is 0.533. The van der Waals surface area contributed by atoms with Gasteiger partial charge in [-0.3, -0.25) is 0 Å². The molecule has 1 rings (SSSR count). The molecule has 6 heavy (non-hydrogen) atoms. The van der Waals surface area contributed by atoms with Crippen LogP contribution in [0.3, 0.4) is 0 Å². The van der Waals surface area contributed by atoms with Gasteiger partial charge >= 0.3 is 0 Å². The van der Waals surface area contributed by atoms with E-state index in [-0.39, 0.29) is 0 Å². The maximum atomic E-state index is 4.83. The van der Waals surface area contributed by atoms with Crippen molar-refractivity contribution in [1.82, 2.24) is 0 Å². The molecule has 0 aromatic rings. The fraction of sp³-hybridized carbons (Fsp3) is 1.00. The Kier molecular flexibility index (Phi) is 1.08. The second-order valence-corrected chi connectivity index (χ2v) is 1.69. The fourth-order valence-corrected chi connectivity index (χ4v) is 0.507. The molecule has 1 fully saturated rings. The van der Waals surface area contributed by atoms with Gasteiger partial charge in [-0.1, -0.05) is 0 Å². The van der Waals surface area contributed by atoms with Gasteiger partial charge in [0.2, 0.25) is 0 Å². The second kappa shape index (κ2) is 1.58. The third-order valence-corrected chi connectivity index (χ3v) is 1.24. The lowest BCUT2D eigenvalue weighted by atomic mass is 9.97. The summed E-state index contributed by atoms with van der Waals surface area (Å²) in [7, 11) is 0. The summed E-state index contributed by atoms with van der Waals surface area (Å²) in [6.07, 6.45) is 4.01. The SMILES string of the molecule is NOC1CCC1. The molecule has 0 aromatic heterocycles. The Morgan fingerprint density at radius 1 is 1.50 bits per heavy atom. The number of hydrogen-bond acceptors (Lipinski definition) is 2. The highest BCUT2D eigenvalue weighted by Crippen LogP contribution is 2.19. The molecule has 0 atom stereocenters. The van der Waals surface area contributed by atoms with Crippen LogP contribution >= 0.6 is 0 Å². The molecule has 0 bridgehead atoms. The van der Waals surface area contributed by atoms with E-state index in [9.17, 15) is 0 Å². The Morgan fingerprint density at radius 3 is 2.17 bits per heavy atom. The fourth-order valence-electron chi connectivity index (χ4n) is 0.507. The first kappa shape index (κ1) is 4.09. The van der Waals surface area contributed by atoms with Gasteiger partial charge < -0.3 is 4.84 Å². The molecule has 0 unspecified atom stereocenters. The average Bonchev–Trinajstić information content (AvgIpc) is 1.31. The molecule has 1 saturated carbocycles. The van der Waals surface area contributed by atoms with E-state index in [2.05, 4.69) is 4.84 Å². The van der Waals surface area contributed by atoms with E-state index in [0.717, 1.165) is 12.8 Å². The minimum Gasteiger partial charge on any atom is -0.301 e. The lowest BCUT2D eigenvalue weighted by molar-refractivity contribution is 0.00126. The van der Waals surface area contributed by atoms with Gasteiger partial charge in [0.15, 0.2) is 0 Å². The summed E-state index contributed by atoms with van der Waals surface area (Å²) in [6, 6.07) is 0. The van der Waals surface area contributed by atoms with E-state index < -0.39 is 0 Å². The lowest BCUT2D eigenvalue weighted by Crippen LogP contribution is -2.24. The van der Waals surface area contributed by atoms with Gasteiger partial charge in [-0.05, 0) is 19.3 Å². The van der Waals surface area contributed by atoms with E-state index in [1.54, 1.807) is 0 Å². The van der Waals surface area contributed by atoms with Crippen LogP contribution in [0.1, 0.15) is 19.3 Å². The van der Waals surface area contributed by atoms with Gasteiger partial charge in [0.05, 0.1) is 6.10 Å². The second-order valence-electron chi connectivity index (χ2n) is 1.69. The van der Waals surface area contributed by atoms with Gasteiger partial charge in [-0.15, -0.1) is 0 Å². The topological polar surface area (TPSA) is 35.2 Å². The highest BCUT2D eigenvalue weighted by Gasteiger charge is 2.15. The molecule has 0 amide bonds. The van der Waals surface area contributed by atoms with E-state index >= 15 is 0 Å². The molecule has 0 spiro atoms. The van der Waals surface area contributed by atoms with Crippen molar-refractivity contribution in [2.45, 2.75) is 25.4 Å². The smallest absolute Gasteiger partial charge is 0.0787 e. The van der Waals surface area contributed by atoms with Crippen LogP contribution in [0.4, 0.5) is 0 Å². The summed E-state index contributed by atoms with van der Waals surface area (Å²) in [5.41, 5.74) is 0. The maximum absolute atomic E-state index is 4.83. The molecule has 1 aliphatic rings. The number of rotatable bonds is 1. The number of hydrogen-bond donors (Lipinski definition) is 1. The van der Waals surface area contributed by atoms with Crippen LogP contribution in [0.2, 0.25) is 0 Å². The van der Waals surface area contributed by atoms with Crippen molar-refractivity contribution in [2.24, 2.45) is 5.90 Å². The van der Waals surface area contributed by atoms with Crippen molar-refractivity contribution < 1.29 is 4.84 Å². The molecule has 2 heteroatoms. The molecular formula is C4H9NO. The van der Waals surface area contributed by atoms with Gasteiger partial charge in [-0.25, -0.2) is 5.90 Å². The summed E-state index contributed by atoms with van der Waals surface area (Å²) in [5, 5.41) is 0. The van der Waals surface area contributed by atoms with Gasteiger partial charge in [0.25, 0.3) is 0 Å². The van der Waals surface area contributed by atoms with Gasteiger partial charge in [-0.2, -0.15) is 0 Å². The molecule has 0 aliphatic heterocycles. The van der Waals surface area contributed by atoms with Crippen molar-refractivity contribution in [1.29, 1.82) is 0 Å². The Hall–Kier alpha value is -0.0800. The highest BCUT2D eigenvalue weighted by atomic mass is 16.6.